The van der Waals surface area contributed by atoms with Crippen LogP contribution in [0.15, 0.2) is 12.4 Å². The SMILES string of the molecule is CCOC(=O)Cc1cnc(NC(=O)OC(C)(C)C)c2cnc(NC(=O)OC(C)(C)C)nc12. The smallest absolute Gasteiger partial charge is 0.414 e. The lowest BCUT2D eigenvalue weighted by Gasteiger charge is -2.20. The number of esters is 1. The quantitative estimate of drug-likeness (QED) is 0.516. The molecule has 2 N–H and O–H groups in total. The molecule has 0 aromatic carbocycles. The highest BCUT2D eigenvalue weighted by atomic mass is 16.6. The predicted molar refractivity (Wildman–Crippen MR) is 117 cm³/mol. The molecule has 32 heavy (non-hydrogen) atoms. The van der Waals surface area contributed by atoms with Crippen LogP contribution in [-0.2, 0) is 25.4 Å². The fraction of sp³-hybridized carbons (Fsp3) is 0.524. The van der Waals surface area contributed by atoms with Crippen LogP contribution in [0, 0.1) is 0 Å². The summed E-state index contributed by atoms with van der Waals surface area (Å²) in [6, 6.07) is 0. The van der Waals surface area contributed by atoms with Crippen molar-refractivity contribution in [2.24, 2.45) is 0 Å². The number of rotatable bonds is 5. The summed E-state index contributed by atoms with van der Waals surface area (Å²) in [5, 5.41) is 5.37. The van der Waals surface area contributed by atoms with E-state index in [1.54, 1.807) is 48.5 Å². The minimum atomic E-state index is -0.732. The maximum Gasteiger partial charge on any atom is 0.414 e. The molecule has 2 heterocycles. The lowest BCUT2D eigenvalue weighted by atomic mass is 10.1. The molecule has 0 atom stereocenters. The zero-order valence-electron chi connectivity index (χ0n) is 19.4. The second-order valence-corrected chi connectivity index (χ2v) is 8.82. The summed E-state index contributed by atoms with van der Waals surface area (Å²) in [6.07, 6.45) is 1.23. The fourth-order valence-corrected chi connectivity index (χ4v) is 2.52. The highest BCUT2D eigenvalue weighted by molar-refractivity contribution is 5.99. The Hall–Kier alpha value is -3.50. The van der Waals surface area contributed by atoms with Crippen molar-refractivity contribution in [2.45, 2.75) is 66.1 Å². The molecule has 0 saturated heterocycles. The lowest BCUT2D eigenvalue weighted by molar-refractivity contribution is -0.142. The van der Waals surface area contributed by atoms with Crippen molar-refractivity contribution in [1.29, 1.82) is 0 Å². The maximum absolute atomic E-state index is 12.2. The molecule has 0 aliphatic carbocycles. The molecule has 0 radical (unpaired) electrons. The number of fused-ring (bicyclic) bond motifs is 1. The van der Waals surface area contributed by atoms with E-state index in [1.165, 1.54) is 12.4 Å². The summed E-state index contributed by atoms with van der Waals surface area (Å²) >= 11 is 0. The summed E-state index contributed by atoms with van der Waals surface area (Å²) in [6.45, 7) is 12.3. The average molecular weight is 447 g/mol. The van der Waals surface area contributed by atoms with Crippen LogP contribution in [0.1, 0.15) is 54.0 Å². The van der Waals surface area contributed by atoms with Crippen molar-refractivity contribution < 1.29 is 28.6 Å². The Morgan fingerprint density at radius 2 is 1.50 bits per heavy atom. The number of ether oxygens (including phenoxy) is 3. The third kappa shape index (κ3) is 7.64. The van der Waals surface area contributed by atoms with Gasteiger partial charge in [-0.05, 0) is 48.5 Å². The molecule has 2 aromatic rings. The minimum Gasteiger partial charge on any atom is -0.466 e. The predicted octanol–water partition coefficient (Wildman–Crippen LogP) is 3.82. The third-order valence-electron chi connectivity index (χ3n) is 3.57. The molecule has 2 rings (SSSR count). The van der Waals surface area contributed by atoms with Gasteiger partial charge in [-0.25, -0.2) is 24.5 Å². The number of amides is 2. The van der Waals surface area contributed by atoms with Crippen molar-refractivity contribution in [3.05, 3.63) is 18.0 Å². The van der Waals surface area contributed by atoms with Gasteiger partial charge in [0.05, 0.1) is 23.9 Å². The number of aromatic nitrogens is 3. The second-order valence-electron chi connectivity index (χ2n) is 8.82. The molecule has 0 aliphatic rings. The van der Waals surface area contributed by atoms with E-state index >= 15 is 0 Å². The molecule has 0 aliphatic heterocycles. The zero-order chi connectivity index (χ0) is 24.1. The van der Waals surface area contributed by atoms with E-state index < -0.39 is 29.4 Å². The Bertz CT molecular complexity index is 1010. The number of carbonyl (C=O) groups is 3. The molecule has 2 aromatic heterocycles. The normalized spacial score (nSPS) is 11.6. The van der Waals surface area contributed by atoms with Gasteiger partial charge in [0.25, 0.3) is 0 Å². The van der Waals surface area contributed by atoms with Gasteiger partial charge in [-0.15, -0.1) is 0 Å². The second kappa shape index (κ2) is 9.75. The number of nitrogens with one attached hydrogen (secondary N) is 2. The van der Waals surface area contributed by atoms with E-state index in [0.717, 1.165) is 0 Å². The van der Waals surface area contributed by atoms with Gasteiger partial charge in [-0.1, -0.05) is 0 Å². The maximum atomic E-state index is 12.2. The average Bonchev–Trinajstić information content (AvgIpc) is 2.60. The first-order chi connectivity index (χ1) is 14.8. The van der Waals surface area contributed by atoms with E-state index in [1.807, 2.05) is 0 Å². The molecule has 11 nitrogen and oxygen atoms in total. The fourth-order valence-electron chi connectivity index (χ4n) is 2.52. The van der Waals surface area contributed by atoms with Crippen molar-refractivity contribution >= 4 is 40.8 Å². The number of hydrogen-bond donors (Lipinski definition) is 2. The molecule has 0 unspecified atom stereocenters. The van der Waals surface area contributed by atoms with Gasteiger partial charge < -0.3 is 14.2 Å². The lowest BCUT2D eigenvalue weighted by Crippen LogP contribution is -2.28. The number of anilines is 2. The summed E-state index contributed by atoms with van der Waals surface area (Å²) < 4.78 is 15.5. The van der Waals surface area contributed by atoms with Crippen LogP contribution in [0.5, 0.6) is 0 Å². The van der Waals surface area contributed by atoms with Crippen LogP contribution in [0.25, 0.3) is 10.9 Å². The highest BCUT2D eigenvalue weighted by Gasteiger charge is 2.21. The summed E-state index contributed by atoms with van der Waals surface area (Å²) in [5.41, 5.74) is -0.669. The number of hydrogen-bond acceptors (Lipinski definition) is 9. The van der Waals surface area contributed by atoms with Crippen LogP contribution < -0.4 is 10.6 Å². The van der Waals surface area contributed by atoms with Gasteiger partial charge in [-0.2, -0.15) is 0 Å². The van der Waals surface area contributed by atoms with Crippen molar-refractivity contribution in [3.8, 4) is 0 Å². The van der Waals surface area contributed by atoms with Gasteiger partial charge in [0.2, 0.25) is 5.95 Å². The molecule has 0 fully saturated rings. The number of pyridine rings is 1. The van der Waals surface area contributed by atoms with Crippen LogP contribution >= 0.6 is 0 Å². The summed E-state index contributed by atoms with van der Waals surface area (Å²) in [7, 11) is 0. The van der Waals surface area contributed by atoms with Crippen molar-refractivity contribution in [2.75, 3.05) is 17.2 Å². The first kappa shape index (κ1) is 24.8. The number of carbonyl (C=O) groups excluding carboxylic acids is 3. The molecule has 174 valence electrons. The molecule has 0 saturated carbocycles. The molecule has 0 spiro atoms. The third-order valence-corrected chi connectivity index (χ3v) is 3.57. The van der Waals surface area contributed by atoms with Crippen molar-refractivity contribution in [1.82, 2.24) is 15.0 Å². The van der Waals surface area contributed by atoms with Crippen LogP contribution in [0.3, 0.4) is 0 Å². The zero-order valence-corrected chi connectivity index (χ0v) is 19.4. The standard InChI is InChI=1S/C21H29N5O6/c1-8-30-14(27)9-12-10-22-16(25-18(28)31-20(2,3)4)13-11-23-17(24-15(12)13)26-19(29)32-21(5,6)7/h10-11H,8-9H2,1-7H3,(H,22,25,28)(H,23,24,26,29). The molecule has 2 amide bonds. The van der Waals surface area contributed by atoms with Gasteiger partial charge in [0.1, 0.15) is 17.0 Å². The van der Waals surface area contributed by atoms with Crippen molar-refractivity contribution in [3.63, 3.8) is 0 Å². The van der Waals surface area contributed by atoms with Gasteiger partial charge in [0, 0.05) is 18.0 Å². The van der Waals surface area contributed by atoms with Gasteiger partial charge >= 0.3 is 18.2 Å². The first-order valence-corrected chi connectivity index (χ1v) is 10.1. The Labute approximate surface area is 186 Å². The van der Waals surface area contributed by atoms with E-state index in [2.05, 4.69) is 25.6 Å². The summed E-state index contributed by atoms with van der Waals surface area (Å²) in [5.74, 6) is -0.360. The Morgan fingerprint density at radius 1 is 0.906 bits per heavy atom. The van der Waals surface area contributed by atoms with E-state index in [-0.39, 0.29) is 24.8 Å². The number of nitrogens with zero attached hydrogens (tertiary/aromatic N) is 3. The summed E-state index contributed by atoms with van der Waals surface area (Å²) in [4.78, 5) is 49.0. The Morgan fingerprint density at radius 3 is 2.06 bits per heavy atom. The molecule has 11 heteroatoms. The molecular formula is C21H29N5O6. The monoisotopic (exact) mass is 447 g/mol. The topological polar surface area (TPSA) is 142 Å². The largest absolute Gasteiger partial charge is 0.466 e. The van der Waals surface area contributed by atoms with Crippen LogP contribution in [0.2, 0.25) is 0 Å². The highest BCUT2D eigenvalue weighted by Crippen LogP contribution is 2.25. The van der Waals surface area contributed by atoms with Crippen LogP contribution in [0.4, 0.5) is 21.4 Å². The van der Waals surface area contributed by atoms with Gasteiger partial charge in [-0.3, -0.25) is 15.4 Å². The first-order valence-electron chi connectivity index (χ1n) is 10.1. The molecule has 0 bridgehead atoms. The Kier molecular flexibility index (Phi) is 7.55. The minimum absolute atomic E-state index is 0.0359. The van der Waals surface area contributed by atoms with Crippen LogP contribution in [-0.4, -0.2) is 50.9 Å². The van der Waals surface area contributed by atoms with E-state index in [0.29, 0.717) is 16.5 Å². The molecular weight excluding hydrogens is 418 g/mol. The Balaban J connectivity index is 2.42. The van der Waals surface area contributed by atoms with Gasteiger partial charge in [0.15, 0.2) is 0 Å². The van der Waals surface area contributed by atoms with E-state index in [4.69, 9.17) is 14.2 Å². The van der Waals surface area contributed by atoms with E-state index in [9.17, 15) is 14.4 Å².